The Hall–Kier alpha value is -5.08. The normalized spacial score (nSPS) is 20.2. The maximum absolute atomic E-state index is 12.5. The molecule has 0 bridgehead atoms. The Kier molecular flexibility index (Phi) is 8.21. The van der Waals surface area contributed by atoms with E-state index in [9.17, 15) is 22.8 Å². The first-order chi connectivity index (χ1) is 21.0. The molecule has 0 amide bonds. The van der Waals surface area contributed by atoms with E-state index < -0.39 is 40.4 Å². The molecule has 0 saturated heterocycles. The number of benzene rings is 3. The highest BCUT2D eigenvalue weighted by Crippen LogP contribution is 2.55. The first-order valence-electron chi connectivity index (χ1n) is 12.9. The number of rotatable bonds is 11. The van der Waals surface area contributed by atoms with Gasteiger partial charge in [0.15, 0.2) is 34.5 Å². The number of aldehydes is 2. The number of carboxylic acid groups (broad SMARTS) is 1. The summed E-state index contributed by atoms with van der Waals surface area (Å²) in [6.45, 7) is 0. The summed E-state index contributed by atoms with van der Waals surface area (Å²) in [6, 6.07) is 10.7. The fraction of sp³-hybridized carbons (Fsp3) is 0.233. The molecule has 3 aromatic carbocycles. The van der Waals surface area contributed by atoms with Crippen LogP contribution < -0.4 is 27.9 Å². The van der Waals surface area contributed by atoms with Crippen LogP contribution in [0, 0.1) is 0 Å². The third-order valence-electron chi connectivity index (χ3n) is 7.26. The molecule has 3 aromatic rings. The number of hydrogen-bond acceptors (Lipinski definition) is 11. The van der Waals surface area contributed by atoms with E-state index in [1.165, 1.54) is 45.6 Å². The van der Waals surface area contributed by atoms with Gasteiger partial charge in [0.05, 0.1) is 33.2 Å². The lowest BCUT2D eigenvalue weighted by atomic mass is 9.87. The lowest BCUT2D eigenvalue weighted by molar-refractivity contribution is -0.131. The van der Waals surface area contributed by atoms with Gasteiger partial charge in [0, 0.05) is 17.2 Å². The second-order valence-corrected chi connectivity index (χ2v) is 10.8. The number of carbonyl (C=O) groups is 3. The van der Waals surface area contributed by atoms with Crippen molar-refractivity contribution in [3.05, 3.63) is 76.4 Å². The molecule has 230 valence electrons. The molecule has 4 atom stereocenters. The number of aliphatic carboxylic acids is 1. The average molecular weight is 627 g/mol. The maximum atomic E-state index is 12.5. The molecule has 0 fully saturated rings. The van der Waals surface area contributed by atoms with Crippen LogP contribution in [0.25, 0.3) is 6.08 Å². The molecule has 0 aromatic heterocycles. The van der Waals surface area contributed by atoms with Gasteiger partial charge in [0.1, 0.15) is 24.8 Å². The maximum Gasteiger partial charge on any atom is 0.446 e. The Morgan fingerprint density at radius 2 is 1.32 bits per heavy atom. The highest BCUT2D eigenvalue weighted by atomic mass is 32.3. The predicted octanol–water partition coefficient (Wildman–Crippen LogP) is 3.82. The average Bonchev–Trinajstić information content (AvgIpc) is 3.56. The molecule has 2 N–H and O–H groups in total. The number of carbonyl (C=O) groups excluding carboxylic acids is 2. The van der Waals surface area contributed by atoms with Crippen molar-refractivity contribution in [2.45, 2.75) is 24.0 Å². The van der Waals surface area contributed by atoms with Crippen LogP contribution in [0.1, 0.15) is 51.9 Å². The summed E-state index contributed by atoms with van der Waals surface area (Å²) in [5, 5.41) is 9.03. The lowest BCUT2D eigenvalue weighted by Gasteiger charge is -2.18. The van der Waals surface area contributed by atoms with Gasteiger partial charge in [-0.2, -0.15) is 8.42 Å². The molecular formula is C30H26O13S. The predicted molar refractivity (Wildman–Crippen MR) is 152 cm³/mol. The number of ether oxygens (including phenoxy) is 5. The van der Waals surface area contributed by atoms with Gasteiger partial charge in [0.25, 0.3) is 0 Å². The summed E-state index contributed by atoms with van der Waals surface area (Å²) in [5.74, 6) is -1.94. The van der Waals surface area contributed by atoms with Crippen LogP contribution >= 0.6 is 0 Å². The Bertz CT molecular complexity index is 1780. The molecule has 0 aliphatic carbocycles. The van der Waals surface area contributed by atoms with Crippen molar-refractivity contribution >= 4 is 35.0 Å². The third-order valence-corrected chi connectivity index (χ3v) is 7.65. The third kappa shape index (κ3) is 5.64. The van der Waals surface area contributed by atoms with Crippen molar-refractivity contribution in [1.29, 1.82) is 0 Å². The summed E-state index contributed by atoms with van der Waals surface area (Å²) >= 11 is 0. The highest BCUT2D eigenvalue weighted by Gasteiger charge is 2.42. The van der Waals surface area contributed by atoms with Crippen LogP contribution in [0.15, 0.2) is 48.5 Å². The van der Waals surface area contributed by atoms with Gasteiger partial charge in [-0.3, -0.25) is 4.55 Å². The molecular weight excluding hydrogens is 600 g/mol. The number of methoxy groups -OCH3 is 3. The van der Waals surface area contributed by atoms with Gasteiger partial charge in [-0.15, -0.1) is 0 Å². The molecule has 0 spiro atoms. The van der Waals surface area contributed by atoms with E-state index in [-0.39, 0.29) is 23.0 Å². The molecule has 4 unspecified atom stereocenters. The molecule has 44 heavy (non-hydrogen) atoms. The zero-order valence-electron chi connectivity index (χ0n) is 23.5. The van der Waals surface area contributed by atoms with Gasteiger partial charge in [-0.05, 0) is 59.2 Å². The van der Waals surface area contributed by atoms with Crippen LogP contribution in [0.4, 0.5) is 0 Å². The largest absolute Gasteiger partial charge is 0.493 e. The Balaban J connectivity index is 1.54. The summed E-state index contributed by atoms with van der Waals surface area (Å²) in [4.78, 5) is 36.0. The summed E-state index contributed by atoms with van der Waals surface area (Å²) in [5.41, 5.74) is 2.38. The lowest BCUT2D eigenvalue weighted by Crippen LogP contribution is -2.13. The van der Waals surface area contributed by atoms with Gasteiger partial charge in [0.2, 0.25) is 0 Å². The van der Waals surface area contributed by atoms with Crippen LogP contribution in [0.5, 0.6) is 34.5 Å². The number of fused-ring (bicyclic) bond motifs is 2. The second kappa shape index (κ2) is 11.9. The molecule has 13 nitrogen and oxygen atoms in total. The van der Waals surface area contributed by atoms with Crippen molar-refractivity contribution in [2.75, 3.05) is 21.3 Å². The Labute approximate surface area is 251 Å². The molecule has 14 heteroatoms. The van der Waals surface area contributed by atoms with E-state index >= 15 is 0 Å². The molecule has 2 aliphatic rings. The van der Waals surface area contributed by atoms with Crippen molar-refractivity contribution in [2.24, 2.45) is 0 Å². The summed E-state index contributed by atoms with van der Waals surface area (Å²) in [6.07, 6.45) is 2.03. The molecule has 0 radical (unpaired) electrons. The number of hydrogen-bond donors (Lipinski definition) is 2. The standard InChI is InChI=1S/C30H26O13S/c1-38-23-11-16(5-6-22(23)43-44(35,36)37)27-21(14-32)19-10-17(12-25(40-3)30(19)41-27)28-20(13-31)18-8-15(4-7-26(33)34)9-24(39-2)29(18)42-28/h4-14,20-21,27-28H,1-3H3,(H,33,34)(H,35,36,37)/b7-4+. The first kappa shape index (κ1) is 30.4. The minimum atomic E-state index is -4.82. The van der Waals surface area contributed by atoms with E-state index in [4.69, 9.17) is 33.3 Å². The summed E-state index contributed by atoms with van der Waals surface area (Å²) in [7, 11) is -0.701. The van der Waals surface area contributed by atoms with Crippen molar-refractivity contribution < 1.29 is 60.3 Å². The summed E-state index contributed by atoms with van der Waals surface area (Å²) < 4.78 is 64.8. The van der Waals surface area contributed by atoms with Crippen molar-refractivity contribution in [1.82, 2.24) is 0 Å². The zero-order chi connectivity index (χ0) is 31.8. The van der Waals surface area contributed by atoms with E-state index in [2.05, 4.69) is 4.18 Å². The quantitative estimate of drug-likeness (QED) is 0.178. The molecule has 0 saturated carbocycles. The van der Waals surface area contributed by atoms with Crippen LogP contribution in [0.3, 0.4) is 0 Å². The van der Waals surface area contributed by atoms with E-state index in [1.54, 1.807) is 24.3 Å². The highest BCUT2D eigenvalue weighted by molar-refractivity contribution is 7.81. The van der Waals surface area contributed by atoms with Crippen molar-refractivity contribution in [3.8, 4) is 34.5 Å². The number of carboxylic acids is 1. The van der Waals surface area contributed by atoms with Crippen LogP contribution in [0.2, 0.25) is 0 Å². The van der Waals surface area contributed by atoms with E-state index in [0.29, 0.717) is 45.6 Å². The topological polar surface area (TPSA) is 181 Å². The second-order valence-electron chi connectivity index (χ2n) is 9.78. The van der Waals surface area contributed by atoms with Gasteiger partial charge in [-0.25, -0.2) is 4.79 Å². The van der Waals surface area contributed by atoms with Gasteiger partial charge in [-0.1, -0.05) is 6.07 Å². The molecule has 5 rings (SSSR count). The van der Waals surface area contributed by atoms with Crippen LogP contribution in [-0.4, -0.2) is 57.9 Å². The molecule has 2 heterocycles. The molecule has 2 aliphatic heterocycles. The van der Waals surface area contributed by atoms with Gasteiger partial charge < -0.3 is 42.6 Å². The monoisotopic (exact) mass is 626 g/mol. The smallest absolute Gasteiger partial charge is 0.446 e. The Morgan fingerprint density at radius 3 is 1.86 bits per heavy atom. The van der Waals surface area contributed by atoms with E-state index in [1.807, 2.05) is 0 Å². The van der Waals surface area contributed by atoms with Crippen molar-refractivity contribution in [3.63, 3.8) is 0 Å². The minimum Gasteiger partial charge on any atom is -0.493 e. The van der Waals surface area contributed by atoms with Crippen LogP contribution in [-0.2, 0) is 24.8 Å². The Morgan fingerprint density at radius 1 is 0.773 bits per heavy atom. The SMILES string of the molecule is COc1cc(C2Oc3c(OC)cc(C4Oc5c(OC)cc(/C=C/C(=O)O)cc5C4C=O)cc3C2C=O)ccc1OS(=O)(=O)O. The zero-order valence-corrected chi connectivity index (χ0v) is 24.3. The first-order valence-corrected chi connectivity index (χ1v) is 14.3. The fourth-order valence-electron chi connectivity index (χ4n) is 5.38. The van der Waals surface area contributed by atoms with Gasteiger partial charge >= 0.3 is 16.4 Å². The fourth-order valence-corrected chi connectivity index (χ4v) is 5.75. The van der Waals surface area contributed by atoms with E-state index in [0.717, 1.165) is 12.4 Å². The minimum absolute atomic E-state index is 0.0329.